The molecule has 0 atom stereocenters. The van der Waals surface area contributed by atoms with E-state index in [0.717, 1.165) is 15.8 Å². The third kappa shape index (κ3) is 6.29. The van der Waals surface area contributed by atoms with Crippen LogP contribution >= 0.6 is 11.3 Å². The number of ether oxygens (including phenoxy) is 2. The Kier molecular flexibility index (Phi) is 8.04. The second-order valence-corrected chi connectivity index (χ2v) is 10.5. The fraction of sp³-hybridized carbons (Fsp3) is 0.348. The van der Waals surface area contributed by atoms with E-state index in [0.29, 0.717) is 10.6 Å². The Morgan fingerprint density at radius 2 is 1.85 bits per heavy atom. The standard InChI is InChI=1S/C23H26N2O6S2/c1-4-31-22(27)15-25-19-12-7-16(2)14-20(19)32-23(25)24-21(26)6-5-13-33(28,29)18-10-8-17(30-3)9-11-18/h7-12,14H,4-6,13,15H2,1-3H3. The molecular weight excluding hydrogens is 464 g/mol. The van der Waals surface area contributed by atoms with Crippen LogP contribution in [-0.2, 0) is 30.7 Å². The number of sulfone groups is 1. The number of aryl methyl sites for hydroxylation is 1. The van der Waals surface area contributed by atoms with Crippen molar-refractivity contribution in [2.24, 2.45) is 4.99 Å². The number of hydrogen-bond acceptors (Lipinski definition) is 7. The van der Waals surface area contributed by atoms with Crippen LogP contribution in [0.5, 0.6) is 5.75 Å². The Morgan fingerprint density at radius 1 is 1.12 bits per heavy atom. The van der Waals surface area contributed by atoms with Crippen LogP contribution < -0.4 is 9.54 Å². The second kappa shape index (κ2) is 10.8. The lowest BCUT2D eigenvalue weighted by Crippen LogP contribution is -2.23. The summed E-state index contributed by atoms with van der Waals surface area (Å²) in [5, 5.41) is 0. The summed E-state index contributed by atoms with van der Waals surface area (Å²) in [6, 6.07) is 11.9. The minimum Gasteiger partial charge on any atom is -0.497 e. The molecule has 0 unspecified atom stereocenters. The summed E-state index contributed by atoms with van der Waals surface area (Å²) in [5.41, 5.74) is 1.83. The molecular formula is C23H26N2O6S2. The number of esters is 1. The number of aromatic nitrogens is 1. The Balaban J connectivity index is 1.76. The van der Waals surface area contributed by atoms with E-state index in [9.17, 15) is 18.0 Å². The maximum atomic E-state index is 12.5. The number of fused-ring (bicyclic) bond motifs is 1. The predicted molar refractivity (Wildman–Crippen MR) is 126 cm³/mol. The zero-order valence-electron chi connectivity index (χ0n) is 18.7. The highest BCUT2D eigenvalue weighted by molar-refractivity contribution is 7.91. The van der Waals surface area contributed by atoms with Gasteiger partial charge in [0.15, 0.2) is 14.6 Å². The summed E-state index contributed by atoms with van der Waals surface area (Å²) in [4.78, 5) is 29.3. The van der Waals surface area contributed by atoms with Gasteiger partial charge in [-0.05, 0) is 62.2 Å². The number of benzene rings is 2. The summed E-state index contributed by atoms with van der Waals surface area (Å²) in [6.45, 7) is 3.88. The number of thiazole rings is 1. The van der Waals surface area contributed by atoms with Crippen LogP contribution in [0.2, 0.25) is 0 Å². The lowest BCUT2D eigenvalue weighted by atomic mass is 10.2. The van der Waals surface area contributed by atoms with Crippen LogP contribution in [0.4, 0.5) is 0 Å². The highest BCUT2D eigenvalue weighted by Gasteiger charge is 2.16. The highest BCUT2D eigenvalue weighted by Crippen LogP contribution is 2.20. The van der Waals surface area contributed by atoms with E-state index in [-0.39, 0.29) is 36.6 Å². The number of nitrogens with zero attached hydrogens (tertiary/aromatic N) is 2. The van der Waals surface area contributed by atoms with Crippen molar-refractivity contribution < 1.29 is 27.5 Å². The molecule has 0 N–H and O–H groups in total. The van der Waals surface area contributed by atoms with Crippen LogP contribution in [0.3, 0.4) is 0 Å². The number of carbonyl (C=O) groups is 2. The number of rotatable bonds is 9. The molecule has 0 fully saturated rings. The Morgan fingerprint density at radius 3 is 2.52 bits per heavy atom. The molecule has 3 aromatic rings. The quantitative estimate of drug-likeness (QED) is 0.427. The molecule has 1 aromatic heterocycles. The first-order valence-corrected chi connectivity index (χ1v) is 12.9. The van der Waals surface area contributed by atoms with Crippen LogP contribution in [0.25, 0.3) is 10.2 Å². The van der Waals surface area contributed by atoms with Crippen molar-refractivity contribution >= 4 is 43.3 Å². The molecule has 0 saturated carbocycles. The van der Waals surface area contributed by atoms with E-state index >= 15 is 0 Å². The molecule has 0 aliphatic rings. The van der Waals surface area contributed by atoms with Gasteiger partial charge in [0.25, 0.3) is 0 Å². The second-order valence-electron chi connectivity index (χ2n) is 7.35. The van der Waals surface area contributed by atoms with Gasteiger partial charge in [-0.15, -0.1) is 0 Å². The largest absolute Gasteiger partial charge is 0.497 e. The summed E-state index contributed by atoms with van der Waals surface area (Å²) < 4.78 is 37.7. The zero-order valence-corrected chi connectivity index (χ0v) is 20.4. The van der Waals surface area contributed by atoms with Crippen LogP contribution in [0, 0.1) is 6.92 Å². The van der Waals surface area contributed by atoms with E-state index in [1.807, 2.05) is 25.1 Å². The van der Waals surface area contributed by atoms with Gasteiger partial charge in [-0.2, -0.15) is 4.99 Å². The van der Waals surface area contributed by atoms with E-state index in [1.165, 1.54) is 30.6 Å². The molecule has 0 bridgehead atoms. The number of hydrogen-bond donors (Lipinski definition) is 0. The molecule has 10 heteroatoms. The molecule has 1 amide bonds. The summed E-state index contributed by atoms with van der Waals surface area (Å²) in [5.74, 6) is -0.467. The molecule has 1 heterocycles. The molecule has 0 aliphatic heterocycles. The van der Waals surface area contributed by atoms with Crippen molar-refractivity contribution in [2.45, 2.75) is 38.1 Å². The van der Waals surface area contributed by atoms with Gasteiger partial charge >= 0.3 is 5.97 Å². The van der Waals surface area contributed by atoms with Crippen molar-refractivity contribution in [3.05, 3.63) is 52.8 Å². The van der Waals surface area contributed by atoms with E-state index in [4.69, 9.17) is 9.47 Å². The molecule has 176 valence electrons. The van der Waals surface area contributed by atoms with Crippen LogP contribution in [0.1, 0.15) is 25.3 Å². The van der Waals surface area contributed by atoms with Crippen molar-refractivity contribution in [2.75, 3.05) is 19.5 Å². The third-order valence-corrected chi connectivity index (χ3v) is 7.73. The normalized spacial score (nSPS) is 12.2. The van der Waals surface area contributed by atoms with Gasteiger partial charge in [0.05, 0.1) is 34.6 Å². The van der Waals surface area contributed by atoms with Crippen molar-refractivity contribution in [1.29, 1.82) is 0 Å². The lowest BCUT2D eigenvalue weighted by Gasteiger charge is -2.06. The number of carbonyl (C=O) groups excluding carboxylic acids is 2. The molecule has 2 aromatic carbocycles. The van der Waals surface area contributed by atoms with Crippen LogP contribution in [0.15, 0.2) is 52.4 Å². The summed E-state index contributed by atoms with van der Waals surface area (Å²) in [6.07, 6.45) is 0.112. The summed E-state index contributed by atoms with van der Waals surface area (Å²) >= 11 is 1.30. The zero-order chi connectivity index (χ0) is 24.0. The molecule has 0 spiro atoms. The first-order valence-electron chi connectivity index (χ1n) is 10.4. The molecule has 33 heavy (non-hydrogen) atoms. The molecule has 0 saturated heterocycles. The van der Waals surface area contributed by atoms with Gasteiger partial charge in [0.2, 0.25) is 5.91 Å². The minimum absolute atomic E-state index is 0.0257. The number of methoxy groups -OCH3 is 1. The van der Waals surface area contributed by atoms with Gasteiger partial charge < -0.3 is 14.0 Å². The maximum absolute atomic E-state index is 12.5. The Hall–Kier alpha value is -2.98. The Labute approximate surface area is 196 Å². The maximum Gasteiger partial charge on any atom is 0.326 e. The van der Waals surface area contributed by atoms with Crippen molar-refractivity contribution in [3.8, 4) is 5.75 Å². The lowest BCUT2D eigenvalue weighted by molar-refractivity contribution is -0.143. The SMILES string of the molecule is CCOC(=O)Cn1c(=NC(=O)CCCS(=O)(=O)c2ccc(OC)cc2)sc2cc(C)ccc21. The average Bonchev–Trinajstić information content (AvgIpc) is 3.09. The van der Waals surface area contributed by atoms with Gasteiger partial charge in [-0.1, -0.05) is 17.4 Å². The van der Waals surface area contributed by atoms with Crippen LogP contribution in [-0.4, -0.2) is 44.3 Å². The highest BCUT2D eigenvalue weighted by atomic mass is 32.2. The molecule has 0 radical (unpaired) electrons. The molecule has 3 rings (SSSR count). The number of amides is 1. The summed E-state index contributed by atoms with van der Waals surface area (Å²) in [7, 11) is -2.02. The Bertz CT molecular complexity index is 1320. The first-order chi connectivity index (χ1) is 15.7. The van der Waals surface area contributed by atoms with Gasteiger partial charge in [0, 0.05) is 6.42 Å². The first kappa shape index (κ1) is 24.7. The van der Waals surface area contributed by atoms with Gasteiger partial charge in [0.1, 0.15) is 12.3 Å². The van der Waals surface area contributed by atoms with E-state index < -0.39 is 21.7 Å². The molecule has 0 aliphatic carbocycles. The van der Waals surface area contributed by atoms with E-state index in [1.54, 1.807) is 23.6 Å². The topological polar surface area (TPSA) is 104 Å². The smallest absolute Gasteiger partial charge is 0.326 e. The van der Waals surface area contributed by atoms with Gasteiger partial charge in [-0.25, -0.2) is 8.42 Å². The molecule has 8 nitrogen and oxygen atoms in total. The fourth-order valence-electron chi connectivity index (χ4n) is 3.23. The predicted octanol–water partition coefficient (Wildman–Crippen LogP) is 3.26. The average molecular weight is 491 g/mol. The monoisotopic (exact) mass is 490 g/mol. The van der Waals surface area contributed by atoms with E-state index in [2.05, 4.69) is 4.99 Å². The third-order valence-electron chi connectivity index (χ3n) is 4.87. The van der Waals surface area contributed by atoms with Gasteiger partial charge in [-0.3, -0.25) is 9.59 Å². The van der Waals surface area contributed by atoms with Crippen molar-refractivity contribution in [3.63, 3.8) is 0 Å². The fourth-order valence-corrected chi connectivity index (χ4v) is 5.69. The minimum atomic E-state index is -3.52. The van der Waals surface area contributed by atoms with Crippen molar-refractivity contribution in [1.82, 2.24) is 4.57 Å².